The molecule has 140 valence electrons. The number of aliphatic hydroxyl groups excluding tert-OH is 1. The molecular weight excluding hydrogens is 334 g/mol. The van der Waals surface area contributed by atoms with Crippen LogP contribution in [0, 0.1) is 19.8 Å². The highest BCUT2D eigenvalue weighted by Gasteiger charge is 2.40. The molecule has 1 aliphatic carbocycles. The largest absolute Gasteiger partial charge is 0.396 e. The highest BCUT2D eigenvalue weighted by Crippen LogP contribution is 2.39. The van der Waals surface area contributed by atoms with Crippen molar-refractivity contribution in [2.75, 3.05) is 19.7 Å². The molecule has 2 fully saturated rings. The van der Waals surface area contributed by atoms with Crippen molar-refractivity contribution in [3.8, 4) is 0 Å². The Bertz CT molecular complexity index is 795. The van der Waals surface area contributed by atoms with Gasteiger partial charge in [-0.2, -0.15) is 10.1 Å². The molecule has 1 saturated carbocycles. The third kappa shape index (κ3) is 3.38. The maximum atomic E-state index is 12.6. The lowest BCUT2D eigenvalue weighted by atomic mass is 9.97. The molecule has 0 radical (unpaired) electrons. The molecule has 0 bridgehead atoms. The van der Waals surface area contributed by atoms with Crippen LogP contribution in [0.5, 0.6) is 0 Å². The number of hydrogen-bond donors (Lipinski definition) is 1. The molecule has 1 amide bonds. The van der Waals surface area contributed by atoms with Crippen LogP contribution in [0.15, 0.2) is 10.6 Å². The van der Waals surface area contributed by atoms with Crippen molar-refractivity contribution in [1.29, 1.82) is 0 Å². The first-order valence-electron chi connectivity index (χ1n) is 9.28. The average Bonchev–Trinajstić information content (AvgIpc) is 3.06. The Morgan fingerprint density at radius 2 is 2.15 bits per heavy atom. The van der Waals surface area contributed by atoms with Crippen LogP contribution in [0.3, 0.4) is 0 Å². The van der Waals surface area contributed by atoms with Crippen LogP contribution < -0.4 is 0 Å². The zero-order chi connectivity index (χ0) is 18.3. The first-order chi connectivity index (χ1) is 12.5. The molecule has 8 nitrogen and oxygen atoms in total. The average molecular weight is 359 g/mol. The van der Waals surface area contributed by atoms with Gasteiger partial charge in [-0.15, -0.1) is 0 Å². The standard InChI is InChI=1S/C18H25N5O3/c1-11-7-12(2)23(20-11)6-5-16(25)22-8-14(10-24)15(9-22)18-19-17(21-26-18)13-3-4-13/h7,13-15,24H,3-6,8-10H2,1-2H3. The number of carbonyl (C=O) groups is 1. The van der Waals surface area contributed by atoms with Gasteiger partial charge in [0.25, 0.3) is 0 Å². The second-order valence-corrected chi connectivity index (χ2v) is 7.51. The van der Waals surface area contributed by atoms with Crippen molar-refractivity contribution in [2.45, 2.75) is 51.5 Å². The van der Waals surface area contributed by atoms with Gasteiger partial charge in [0.05, 0.1) is 11.6 Å². The first-order valence-corrected chi connectivity index (χ1v) is 9.28. The van der Waals surface area contributed by atoms with E-state index in [-0.39, 0.29) is 24.3 Å². The van der Waals surface area contributed by atoms with Crippen LogP contribution in [0.4, 0.5) is 0 Å². The van der Waals surface area contributed by atoms with Gasteiger partial charge < -0.3 is 14.5 Å². The molecule has 2 aliphatic rings. The molecule has 1 N–H and O–H groups in total. The van der Waals surface area contributed by atoms with E-state index in [9.17, 15) is 9.90 Å². The fraction of sp³-hybridized carbons (Fsp3) is 0.667. The number of aryl methyl sites for hydroxylation is 3. The molecule has 0 aromatic carbocycles. The van der Waals surface area contributed by atoms with E-state index in [1.54, 1.807) is 4.90 Å². The maximum absolute atomic E-state index is 12.6. The molecule has 8 heteroatoms. The summed E-state index contributed by atoms with van der Waals surface area (Å²) >= 11 is 0. The third-order valence-electron chi connectivity index (χ3n) is 5.39. The summed E-state index contributed by atoms with van der Waals surface area (Å²) < 4.78 is 7.30. The fourth-order valence-electron chi connectivity index (χ4n) is 3.71. The van der Waals surface area contributed by atoms with E-state index in [4.69, 9.17) is 4.52 Å². The molecule has 2 aromatic heterocycles. The van der Waals surface area contributed by atoms with Crippen molar-refractivity contribution in [1.82, 2.24) is 24.8 Å². The second kappa shape index (κ2) is 6.83. The summed E-state index contributed by atoms with van der Waals surface area (Å²) in [6, 6.07) is 2.01. The van der Waals surface area contributed by atoms with Gasteiger partial charge in [-0.25, -0.2) is 0 Å². The molecule has 4 rings (SSSR count). The Morgan fingerprint density at radius 1 is 1.35 bits per heavy atom. The zero-order valence-corrected chi connectivity index (χ0v) is 15.3. The molecule has 1 aliphatic heterocycles. The first kappa shape index (κ1) is 17.2. The highest BCUT2D eigenvalue weighted by molar-refractivity contribution is 5.76. The minimum Gasteiger partial charge on any atom is -0.396 e. The van der Waals surface area contributed by atoms with Gasteiger partial charge in [0.2, 0.25) is 11.8 Å². The van der Waals surface area contributed by atoms with Gasteiger partial charge in [0.15, 0.2) is 5.82 Å². The minimum absolute atomic E-state index is 0.00699. The van der Waals surface area contributed by atoms with Gasteiger partial charge in [0.1, 0.15) is 0 Å². The fourth-order valence-corrected chi connectivity index (χ4v) is 3.71. The predicted octanol–water partition coefficient (Wildman–Crippen LogP) is 1.38. The summed E-state index contributed by atoms with van der Waals surface area (Å²) in [4.78, 5) is 19.0. The monoisotopic (exact) mass is 359 g/mol. The topological polar surface area (TPSA) is 97.3 Å². The van der Waals surface area contributed by atoms with Crippen molar-refractivity contribution >= 4 is 5.91 Å². The van der Waals surface area contributed by atoms with Gasteiger partial charge in [-0.05, 0) is 32.8 Å². The van der Waals surface area contributed by atoms with Crippen molar-refractivity contribution in [3.63, 3.8) is 0 Å². The molecule has 2 atom stereocenters. The normalized spacial score (nSPS) is 23.0. The second-order valence-electron chi connectivity index (χ2n) is 7.51. The minimum atomic E-state index is -0.0855. The summed E-state index contributed by atoms with van der Waals surface area (Å²) in [7, 11) is 0. The van der Waals surface area contributed by atoms with E-state index in [1.165, 1.54) is 0 Å². The quantitative estimate of drug-likeness (QED) is 0.837. The van der Waals surface area contributed by atoms with Gasteiger partial charge in [-0.1, -0.05) is 5.16 Å². The Hall–Kier alpha value is -2.22. The number of rotatable bonds is 6. The third-order valence-corrected chi connectivity index (χ3v) is 5.39. The highest BCUT2D eigenvalue weighted by atomic mass is 16.5. The number of amides is 1. The summed E-state index contributed by atoms with van der Waals surface area (Å²) in [6.07, 6.45) is 2.62. The summed E-state index contributed by atoms with van der Waals surface area (Å²) in [6.45, 7) is 5.56. The number of aromatic nitrogens is 4. The summed E-state index contributed by atoms with van der Waals surface area (Å²) in [5.74, 6) is 1.68. The lowest BCUT2D eigenvalue weighted by molar-refractivity contribution is -0.130. The Labute approximate surface area is 152 Å². The van der Waals surface area contributed by atoms with E-state index in [0.717, 1.165) is 30.1 Å². The predicted molar refractivity (Wildman–Crippen MR) is 92.5 cm³/mol. The Morgan fingerprint density at radius 3 is 2.81 bits per heavy atom. The number of carbonyl (C=O) groups excluding carboxylic acids is 1. The molecule has 26 heavy (non-hydrogen) atoms. The number of aliphatic hydroxyl groups is 1. The lowest BCUT2D eigenvalue weighted by Gasteiger charge is -2.16. The zero-order valence-electron chi connectivity index (χ0n) is 15.3. The van der Waals surface area contributed by atoms with E-state index >= 15 is 0 Å². The molecular formula is C18H25N5O3. The molecule has 2 unspecified atom stereocenters. The Kier molecular flexibility index (Phi) is 4.52. The molecule has 1 saturated heterocycles. The summed E-state index contributed by atoms with van der Waals surface area (Å²) in [5.41, 5.74) is 2.01. The number of likely N-dealkylation sites (tertiary alicyclic amines) is 1. The smallest absolute Gasteiger partial charge is 0.231 e. The lowest BCUT2D eigenvalue weighted by Crippen LogP contribution is -2.30. The van der Waals surface area contributed by atoms with Crippen molar-refractivity contribution in [3.05, 3.63) is 29.2 Å². The van der Waals surface area contributed by atoms with Gasteiger partial charge in [-0.3, -0.25) is 9.48 Å². The van der Waals surface area contributed by atoms with Crippen LogP contribution in [-0.2, 0) is 11.3 Å². The number of nitrogens with zero attached hydrogens (tertiary/aromatic N) is 5. The van der Waals surface area contributed by atoms with E-state index in [2.05, 4.69) is 15.2 Å². The van der Waals surface area contributed by atoms with Gasteiger partial charge in [0, 0.05) is 50.2 Å². The van der Waals surface area contributed by atoms with Crippen LogP contribution in [0.25, 0.3) is 0 Å². The van der Waals surface area contributed by atoms with Crippen LogP contribution in [0.2, 0.25) is 0 Å². The molecule has 3 heterocycles. The maximum Gasteiger partial charge on any atom is 0.231 e. The SMILES string of the molecule is Cc1cc(C)n(CCC(=O)N2CC(CO)C(c3nc(C4CC4)no3)C2)n1. The van der Waals surface area contributed by atoms with E-state index < -0.39 is 0 Å². The summed E-state index contributed by atoms with van der Waals surface area (Å²) in [5, 5.41) is 18.2. The number of hydrogen-bond acceptors (Lipinski definition) is 6. The van der Waals surface area contributed by atoms with Crippen LogP contribution in [-0.4, -0.2) is 55.5 Å². The Balaban J connectivity index is 1.39. The van der Waals surface area contributed by atoms with Crippen LogP contribution in [0.1, 0.15) is 54.2 Å². The molecule has 0 spiro atoms. The van der Waals surface area contributed by atoms with E-state index in [1.807, 2.05) is 24.6 Å². The molecule has 2 aromatic rings. The van der Waals surface area contributed by atoms with Crippen LogP contribution >= 0.6 is 0 Å². The van der Waals surface area contributed by atoms with Gasteiger partial charge >= 0.3 is 0 Å². The van der Waals surface area contributed by atoms with Crippen molar-refractivity contribution in [2.24, 2.45) is 5.92 Å². The van der Waals surface area contributed by atoms with Crippen molar-refractivity contribution < 1.29 is 14.4 Å². The van der Waals surface area contributed by atoms with E-state index in [0.29, 0.717) is 37.9 Å².